The van der Waals surface area contributed by atoms with Crippen molar-refractivity contribution >= 4 is 32.9 Å². The van der Waals surface area contributed by atoms with Gasteiger partial charge in [0, 0.05) is 5.39 Å². The number of aromatic hydroxyl groups is 1. The van der Waals surface area contributed by atoms with Crippen LogP contribution < -0.4 is 0 Å². The first kappa shape index (κ1) is 13.5. The Morgan fingerprint density at radius 1 is 0.609 bits per heavy atom. The molecule has 23 heavy (non-hydrogen) atoms. The molecule has 0 amide bonds. The topological polar surface area (TPSA) is 45.0 Å². The molecule has 0 aliphatic carbocycles. The minimum absolute atomic E-state index is 0.160. The Bertz CT molecular complexity index is 1040. The van der Waals surface area contributed by atoms with Gasteiger partial charge in [-0.2, -0.15) is 5.11 Å². The van der Waals surface area contributed by atoms with Gasteiger partial charge in [0.05, 0.1) is 5.69 Å². The molecule has 0 saturated carbocycles. The van der Waals surface area contributed by atoms with Crippen molar-refractivity contribution in [1.29, 1.82) is 0 Å². The summed E-state index contributed by atoms with van der Waals surface area (Å²) in [6, 6.07) is 25.4. The number of benzene rings is 4. The van der Waals surface area contributed by atoms with E-state index in [0.29, 0.717) is 5.69 Å². The Kier molecular flexibility index (Phi) is 3.24. The van der Waals surface area contributed by atoms with E-state index in [0.717, 1.165) is 21.8 Å². The molecule has 0 heterocycles. The van der Waals surface area contributed by atoms with E-state index in [1.807, 2.05) is 66.7 Å². The summed E-state index contributed by atoms with van der Waals surface area (Å²) in [4.78, 5) is 0. The van der Waals surface area contributed by atoms with Gasteiger partial charge in [-0.15, -0.1) is 5.11 Å². The van der Waals surface area contributed by atoms with Gasteiger partial charge in [0.25, 0.3) is 0 Å². The molecule has 0 spiro atoms. The van der Waals surface area contributed by atoms with Crippen molar-refractivity contribution in [1.82, 2.24) is 0 Å². The molecule has 0 atom stereocenters. The van der Waals surface area contributed by atoms with E-state index in [1.165, 1.54) is 5.39 Å². The maximum atomic E-state index is 10.3. The number of phenolic OH excluding ortho intramolecular Hbond substituents is 1. The molecule has 0 aliphatic rings. The highest BCUT2D eigenvalue weighted by atomic mass is 16.3. The molecule has 3 nitrogen and oxygen atoms in total. The second kappa shape index (κ2) is 5.54. The predicted molar refractivity (Wildman–Crippen MR) is 93.7 cm³/mol. The van der Waals surface area contributed by atoms with Crippen LogP contribution in [0.2, 0.25) is 0 Å². The first-order valence-electron chi connectivity index (χ1n) is 7.42. The predicted octanol–water partition coefficient (Wildman–Crippen LogP) is 6.11. The molecule has 0 radical (unpaired) electrons. The quantitative estimate of drug-likeness (QED) is 0.445. The summed E-state index contributed by atoms with van der Waals surface area (Å²) in [6.07, 6.45) is 0. The van der Waals surface area contributed by atoms with Crippen LogP contribution in [0.5, 0.6) is 5.75 Å². The van der Waals surface area contributed by atoms with E-state index >= 15 is 0 Å². The van der Waals surface area contributed by atoms with Crippen LogP contribution in [-0.2, 0) is 0 Å². The molecule has 110 valence electrons. The first-order valence-corrected chi connectivity index (χ1v) is 7.42. The van der Waals surface area contributed by atoms with E-state index in [9.17, 15) is 5.11 Å². The molecule has 0 fully saturated rings. The lowest BCUT2D eigenvalue weighted by Gasteiger charge is -2.03. The van der Waals surface area contributed by atoms with Crippen LogP contribution in [0.4, 0.5) is 11.4 Å². The molecule has 0 saturated heterocycles. The number of phenols is 1. The fraction of sp³-hybridized carbons (Fsp3) is 0. The van der Waals surface area contributed by atoms with Crippen molar-refractivity contribution in [3.05, 3.63) is 78.9 Å². The minimum Gasteiger partial charge on any atom is -0.505 e. The second-order valence-corrected chi connectivity index (χ2v) is 5.39. The lowest BCUT2D eigenvalue weighted by molar-refractivity contribution is 0.482. The molecule has 0 unspecified atom stereocenters. The van der Waals surface area contributed by atoms with Crippen molar-refractivity contribution in [2.75, 3.05) is 0 Å². The summed E-state index contributed by atoms with van der Waals surface area (Å²) >= 11 is 0. The van der Waals surface area contributed by atoms with Crippen LogP contribution in [0, 0.1) is 0 Å². The Morgan fingerprint density at radius 2 is 1.30 bits per heavy atom. The third kappa shape index (κ3) is 2.53. The molecule has 0 aliphatic heterocycles. The molecule has 0 bridgehead atoms. The summed E-state index contributed by atoms with van der Waals surface area (Å²) in [5.74, 6) is 0.160. The van der Waals surface area contributed by atoms with Crippen molar-refractivity contribution in [2.45, 2.75) is 0 Å². The highest BCUT2D eigenvalue weighted by Gasteiger charge is 2.05. The normalized spacial score (nSPS) is 11.5. The third-order valence-corrected chi connectivity index (χ3v) is 3.89. The monoisotopic (exact) mass is 298 g/mol. The molecule has 4 rings (SSSR count). The fourth-order valence-corrected chi connectivity index (χ4v) is 2.67. The molecular weight excluding hydrogens is 284 g/mol. The Balaban J connectivity index is 1.73. The SMILES string of the molecule is Oc1c(N=Nc2ccc3ccccc3c2)ccc2ccccc12. The fourth-order valence-electron chi connectivity index (χ4n) is 2.67. The van der Waals surface area contributed by atoms with Crippen LogP contribution in [0.1, 0.15) is 0 Å². The zero-order valence-corrected chi connectivity index (χ0v) is 12.3. The highest BCUT2D eigenvalue weighted by molar-refractivity contribution is 5.92. The van der Waals surface area contributed by atoms with Gasteiger partial charge in [-0.25, -0.2) is 0 Å². The lowest BCUT2D eigenvalue weighted by atomic mass is 10.1. The number of nitrogens with zero attached hydrogens (tertiary/aromatic N) is 2. The summed E-state index contributed by atoms with van der Waals surface area (Å²) < 4.78 is 0. The van der Waals surface area contributed by atoms with Crippen LogP contribution in [-0.4, -0.2) is 5.11 Å². The third-order valence-electron chi connectivity index (χ3n) is 3.89. The van der Waals surface area contributed by atoms with Crippen molar-refractivity contribution in [3.63, 3.8) is 0 Å². The van der Waals surface area contributed by atoms with E-state index in [4.69, 9.17) is 0 Å². The van der Waals surface area contributed by atoms with Gasteiger partial charge in [-0.1, -0.05) is 60.7 Å². The van der Waals surface area contributed by atoms with Crippen molar-refractivity contribution < 1.29 is 5.11 Å². The first-order chi connectivity index (χ1) is 11.3. The van der Waals surface area contributed by atoms with Gasteiger partial charge in [0.1, 0.15) is 5.69 Å². The number of hydrogen-bond donors (Lipinski definition) is 1. The number of azo groups is 1. The van der Waals surface area contributed by atoms with E-state index in [2.05, 4.69) is 16.3 Å². The van der Waals surface area contributed by atoms with Gasteiger partial charge < -0.3 is 5.11 Å². The molecule has 3 heteroatoms. The molecular formula is C20H14N2O. The maximum absolute atomic E-state index is 10.3. The average molecular weight is 298 g/mol. The standard InChI is InChI=1S/C20H14N2O/c23-20-18-8-4-3-6-15(18)10-12-19(20)22-21-17-11-9-14-5-1-2-7-16(14)13-17/h1-13,23H. The van der Waals surface area contributed by atoms with Gasteiger partial charge in [-0.05, 0) is 34.4 Å². The Morgan fingerprint density at radius 3 is 2.17 bits per heavy atom. The van der Waals surface area contributed by atoms with Crippen LogP contribution in [0.25, 0.3) is 21.5 Å². The van der Waals surface area contributed by atoms with E-state index in [-0.39, 0.29) is 5.75 Å². The molecule has 4 aromatic carbocycles. The second-order valence-electron chi connectivity index (χ2n) is 5.39. The Labute approximate surface area is 133 Å². The summed E-state index contributed by atoms with van der Waals surface area (Å²) in [7, 11) is 0. The van der Waals surface area contributed by atoms with Crippen molar-refractivity contribution in [3.8, 4) is 5.75 Å². The maximum Gasteiger partial charge on any atom is 0.150 e. The van der Waals surface area contributed by atoms with Crippen LogP contribution in [0.3, 0.4) is 0 Å². The minimum atomic E-state index is 0.160. The van der Waals surface area contributed by atoms with Gasteiger partial charge in [0.2, 0.25) is 0 Å². The molecule has 4 aromatic rings. The summed E-state index contributed by atoms with van der Waals surface area (Å²) in [5, 5.41) is 22.9. The molecule has 0 aromatic heterocycles. The van der Waals surface area contributed by atoms with Crippen LogP contribution >= 0.6 is 0 Å². The molecule has 1 N–H and O–H groups in total. The van der Waals surface area contributed by atoms with E-state index in [1.54, 1.807) is 6.07 Å². The van der Waals surface area contributed by atoms with Gasteiger partial charge in [-0.3, -0.25) is 0 Å². The largest absolute Gasteiger partial charge is 0.505 e. The lowest BCUT2D eigenvalue weighted by Crippen LogP contribution is -1.74. The zero-order valence-electron chi connectivity index (χ0n) is 12.3. The van der Waals surface area contributed by atoms with Gasteiger partial charge >= 0.3 is 0 Å². The summed E-state index contributed by atoms with van der Waals surface area (Å²) in [5.41, 5.74) is 1.23. The number of fused-ring (bicyclic) bond motifs is 2. The number of rotatable bonds is 2. The highest BCUT2D eigenvalue weighted by Crippen LogP contribution is 2.35. The van der Waals surface area contributed by atoms with E-state index < -0.39 is 0 Å². The van der Waals surface area contributed by atoms with Crippen LogP contribution in [0.15, 0.2) is 89.1 Å². The van der Waals surface area contributed by atoms with Crippen molar-refractivity contribution in [2.24, 2.45) is 10.2 Å². The average Bonchev–Trinajstić information content (AvgIpc) is 2.61. The zero-order chi connectivity index (χ0) is 15.6. The number of hydrogen-bond acceptors (Lipinski definition) is 3. The summed E-state index contributed by atoms with van der Waals surface area (Å²) in [6.45, 7) is 0. The smallest absolute Gasteiger partial charge is 0.150 e. The Hall–Kier alpha value is -3.20. The van der Waals surface area contributed by atoms with Gasteiger partial charge in [0.15, 0.2) is 5.75 Å².